The highest BCUT2D eigenvalue weighted by atomic mass is 32.1. The highest BCUT2D eigenvalue weighted by Gasteiger charge is 2.45. The third kappa shape index (κ3) is 2.79. The van der Waals surface area contributed by atoms with Gasteiger partial charge in [0.2, 0.25) is 5.91 Å². The van der Waals surface area contributed by atoms with Gasteiger partial charge in [-0.15, -0.1) is 11.3 Å². The van der Waals surface area contributed by atoms with Crippen LogP contribution in [0.1, 0.15) is 17.8 Å². The predicted molar refractivity (Wildman–Crippen MR) is 84.5 cm³/mol. The zero-order valence-corrected chi connectivity index (χ0v) is 13.6. The van der Waals surface area contributed by atoms with Crippen molar-refractivity contribution in [1.82, 2.24) is 14.8 Å². The number of thiazole rings is 1. The number of carbonyl (C=O) groups is 1. The van der Waals surface area contributed by atoms with E-state index in [1.165, 1.54) is 5.01 Å². The van der Waals surface area contributed by atoms with Crippen molar-refractivity contribution in [1.29, 1.82) is 0 Å². The van der Waals surface area contributed by atoms with Crippen LogP contribution in [0.15, 0.2) is 11.6 Å². The van der Waals surface area contributed by atoms with Crippen molar-refractivity contribution in [2.75, 3.05) is 39.4 Å². The molecule has 3 atom stereocenters. The highest BCUT2D eigenvalue weighted by Crippen LogP contribution is 2.36. The first-order chi connectivity index (χ1) is 10.8. The average Bonchev–Trinajstić information content (AvgIpc) is 3.27. The number of rotatable bonds is 3. The van der Waals surface area contributed by atoms with Crippen molar-refractivity contribution in [3.8, 4) is 0 Å². The molecule has 0 aliphatic carbocycles. The van der Waals surface area contributed by atoms with Gasteiger partial charge in [-0.1, -0.05) is 0 Å². The molecule has 0 bridgehead atoms. The topological polar surface area (TPSA) is 45.7 Å². The molecular weight excluding hydrogens is 298 g/mol. The number of fused-ring (bicyclic) bond motifs is 1. The van der Waals surface area contributed by atoms with Crippen LogP contribution in [0.5, 0.6) is 0 Å². The number of aromatic nitrogens is 1. The summed E-state index contributed by atoms with van der Waals surface area (Å²) in [4.78, 5) is 21.7. The van der Waals surface area contributed by atoms with E-state index in [0.717, 1.165) is 52.2 Å². The average molecular weight is 321 g/mol. The Morgan fingerprint density at radius 1 is 1.32 bits per heavy atom. The molecule has 0 N–H and O–H groups in total. The summed E-state index contributed by atoms with van der Waals surface area (Å²) in [6.07, 6.45) is 4.18. The van der Waals surface area contributed by atoms with Gasteiger partial charge in [-0.25, -0.2) is 4.98 Å². The fourth-order valence-electron chi connectivity index (χ4n) is 4.17. The Hall–Kier alpha value is -0.980. The SMILES string of the molecule is O=C([C@@H]1COC[C@H]2CN(Cc3nccs3)C[C@H]21)N1CCCC1. The molecule has 0 saturated carbocycles. The maximum atomic E-state index is 12.8. The van der Waals surface area contributed by atoms with Crippen LogP contribution in [0.2, 0.25) is 0 Å². The molecule has 1 aromatic rings. The Labute approximate surface area is 135 Å². The molecule has 22 heavy (non-hydrogen) atoms. The lowest BCUT2D eigenvalue weighted by atomic mass is 9.82. The van der Waals surface area contributed by atoms with E-state index in [4.69, 9.17) is 4.74 Å². The fraction of sp³-hybridized carbons (Fsp3) is 0.750. The van der Waals surface area contributed by atoms with E-state index in [-0.39, 0.29) is 5.92 Å². The lowest BCUT2D eigenvalue weighted by Gasteiger charge is -2.34. The number of ether oxygens (including phenoxy) is 1. The zero-order chi connectivity index (χ0) is 14.9. The van der Waals surface area contributed by atoms with E-state index >= 15 is 0 Å². The maximum absolute atomic E-state index is 12.8. The zero-order valence-electron chi connectivity index (χ0n) is 12.8. The van der Waals surface area contributed by atoms with Gasteiger partial charge >= 0.3 is 0 Å². The molecule has 0 spiro atoms. The first-order valence-corrected chi connectivity index (χ1v) is 9.16. The van der Waals surface area contributed by atoms with Crippen LogP contribution < -0.4 is 0 Å². The lowest BCUT2D eigenvalue weighted by molar-refractivity contribution is -0.143. The van der Waals surface area contributed by atoms with Gasteiger partial charge in [-0.2, -0.15) is 0 Å². The van der Waals surface area contributed by atoms with Crippen LogP contribution in [-0.2, 0) is 16.1 Å². The van der Waals surface area contributed by atoms with Gasteiger partial charge in [0.15, 0.2) is 0 Å². The second-order valence-corrected chi connectivity index (χ2v) is 7.70. The smallest absolute Gasteiger partial charge is 0.228 e. The number of likely N-dealkylation sites (tertiary alicyclic amines) is 2. The summed E-state index contributed by atoms with van der Waals surface area (Å²) in [7, 11) is 0. The Bertz CT molecular complexity index is 515. The molecule has 1 aromatic heterocycles. The monoisotopic (exact) mass is 321 g/mol. The molecular formula is C16H23N3O2S. The Morgan fingerprint density at radius 2 is 2.18 bits per heavy atom. The van der Waals surface area contributed by atoms with Crippen LogP contribution in [0.25, 0.3) is 0 Å². The summed E-state index contributed by atoms with van der Waals surface area (Å²) in [5.74, 6) is 1.37. The molecule has 1 amide bonds. The van der Waals surface area contributed by atoms with E-state index in [1.807, 2.05) is 11.6 Å². The molecule has 6 heteroatoms. The van der Waals surface area contributed by atoms with Crippen LogP contribution in [0, 0.1) is 17.8 Å². The summed E-state index contributed by atoms with van der Waals surface area (Å²) in [6.45, 7) is 6.26. The summed E-state index contributed by atoms with van der Waals surface area (Å²) < 4.78 is 5.77. The molecule has 5 nitrogen and oxygen atoms in total. The van der Waals surface area contributed by atoms with Crippen molar-refractivity contribution in [2.24, 2.45) is 17.8 Å². The highest BCUT2D eigenvalue weighted by molar-refractivity contribution is 7.09. The van der Waals surface area contributed by atoms with Crippen LogP contribution in [0.4, 0.5) is 0 Å². The van der Waals surface area contributed by atoms with Crippen LogP contribution in [0.3, 0.4) is 0 Å². The van der Waals surface area contributed by atoms with Crippen molar-refractivity contribution in [2.45, 2.75) is 19.4 Å². The summed E-state index contributed by atoms with van der Waals surface area (Å²) in [5.41, 5.74) is 0. The minimum absolute atomic E-state index is 0.0677. The molecule has 3 aliphatic heterocycles. The maximum Gasteiger partial charge on any atom is 0.228 e. The summed E-state index contributed by atoms with van der Waals surface area (Å²) in [5, 5.41) is 3.20. The molecule has 3 fully saturated rings. The molecule has 3 saturated heterocycles. The number of hydrogen-bond acceptors (Lipinski definition) is 5. The molecule has 0 aromatic carbocycles. The summed E-state index contributed by atoms with van der Waals surface area (Å²) in [6, 6.07) is 0. The van der Waals surface area contributed by atoms with E-state index in [0.29, 0.717) is 24.3 Å². The first-order valence-electron chi connectivity index (χ1n) is 8.28. The molecule has 4 rings (SSSR count). The molecule has 0 radical (unpaired) electrons. The van der Waals surface area contributed by atoms with Gasteiger partial charge in [-0.3, -0.25) is 9.69 Å². The van der Waals surface area contributed by atoms with E-state index in [2.05, 4.69) is 14.8 Å². The van der Waals surface area contributed by atoms with Gasteiger partial charge in [0, 0.05) is 37.8 Å². The third-order valence-corrected chi connectivity index (χ3v) is 6.06. The van der Waals surface area contributed by atoms with Crippen molar-refractivity contribution in [3.05, 3.63) is 16.6 Å². The van der Waals surface area contributed by atoms with E-state index in [1.54, 1.807) is 11.3 Å². The number of nitrogens with zero attached hydrogens (tertiary/aromatic N) is 3. The van der Waals surface area contributed by atoms with E-state index < -0.39 is 0 Å². The standard InChI is InChI=1S/C16H23N3O2S/c20-16(19-4-1-2-5-19)14-11-21-10-12-7-18(8-13(12)14)9-15-17-3-6-22-15/h3,6,12-14H,1-2,4-5,7-11H2/t12-,13-,14-/m1/s1. The molecule has 0 unspecified atom stereocenters. The Morgan fingerprint density at radius 3 is 2.95 bits per heavy atom. The second kappa shape index (κ2) is 6.26. The van der Waals surface area contributed by atoms with Crippen LogP contribution in [-0.4, -0.2) is 60.1 Å². The number of amides is 1. The van der Waals surface area contributed by atoms with Gasteiger partial charge in [-0.05, 0) is 24.7 Å². The number of carbonyl (C=O) groups excluding carboxylic acids is 1. The van der Waals surface area contributed by atoms with Crippen molar-refractivity contribution < 1.29 is 9.53 Å². The molecule has 4 heterocycles. The largest absolute Gasteiger partial charge is 0.380 e. The van der Waals surface area contributed by atoms with E-state index in [9.17, 15) is 4.79 Å². The van der Waals surface area contributed by atoms with Crippen molar-refractivity contribution >= 4 is 17.2 Å². The minimum Gasteiger partial charge on any atom is -0.380 e. The van der Waals surface area contributed by atoms with Gasteiger partial charge in [0.1, 0.15) is 5.01 Å². The lowest BCUT2D eigenvalue weighted by Crippen LogP contribution is -2.45. The van der Waals surface area contributed by atoms with Crippen molar-refractivity contribution in [3.63, 3.8) is 0 Å². The van der Waals surface area contributed by atoms with Crippen LogP contribution >= 0.6 is 11.3 Å². The Balaban J connectivity index is 1.43. The number of hydrogen-bond donors (Lipinski definition) is 0. The fourth-order valence-corrected chi connectivity index (χ4v) is 4.83. The minimum atomic E-state index is 0.0677. The van der Waals surface area contributed by atoms with Gasteiger partial charge < -0.3 is 9.64 Å². The second-order valence-electron chi connectivity index (χ2n) is 6.72. The molecule has 3 aliphatic rings. The first kappa shape index (κ1) is 14.6. The predicted octanol–water partition coefficient (Wildman–Crippen LogP) is 1.46. The van der Waals surface area contributed by atoms with Gasteiger partial charge in [0.05, 0.1) is 25.7 Å². The quantitative estimate of drug-likeness (QED) is 0.845. The third-order valence-electron chi connectivity index (χ3n) is 5.29. The van der Waals surface area contributed by atoms with Gasteiger partial charge in [0.25, 0.3) is 0 Å². The molecule has 120 valence electrons. The Kier molecular flexibility index (Phi) is 4.15. The summed E-state index contributed by atoms with van der Waals surface area (Å²) >= 11 is 1.71. The normalized spacial score (nSPS) is 32.4.